The summed E-state index contributed by atoms with van der Waals surface area (Å²) < 4.78 is 0. The van der Waals surface area contributed by atoms with Crippen molar-refractivity contribution in [2.45, 2.75) is 6.42 Å². The van der Waals surface area contributed by atoms with Gasteiger partial charge < -0.3 is 16.2 Å². The average molecular weight is 191 g/mol. The van der Waals surface area contributed by atoms with Crippen molar-refractivity contribution in [1.29, 1.82) is 5.41 Å². The molecule has 0 saturated carbocycles. The first-order chi connectivity index (χ1) is 5.63. The highest BCUT2D eigenvalue weighted by atomic mass is 32.2. The van der Waals surface area contributed by atoms with Crippen LogP contribution in [0.1, 0.15) is 6.42 Å². The lowest BCUT2D eigenvalue weighted by Gasteiger charge is -2.01. The van der Waals surface area contributed by atoms with Crippen LogP contribution in [-0.4, -0.2) is 35.1 Å². The normalized spacial score (nSPS) is 9.33. The van der Waals surface area contributed by atoms with E-state index in [1.165, 1.54) is 11.8 Å². The number of nitrogens with one attached hydrogen (secondary N) is 2. The number of guanidine groups is 1. The van der Waals surface area contributed by atoms with Crippen LogP contribution in [0.15, 0.2) is 0 Å². The van der Waals surface area contributed by atoms with E-state index in [0.717, 1.165) is 5.75 Å². The summed E-state index contributed by atoms with van der Waals surface area (Å²) in [4.78, 5) is 10.1. The van der Waals surface area contributed by atoms with Gasteiger partial charge in [-0.05, 0) is 0 Å². The van der Waals surface area contributed by atoms with Gasteiger partial charge in [-0.2, -0.15) is 11.8 Å². The first-order valence-electron chi connectivity index (χ1n) is 3.50. The molecule has 0 aliphatic rings. The van der Waals surface area contributed by atoms with Crippen molar-refractivity contribution in [3.05, 3.63) is 0 Å². The maximum atomic E-state index is 10.1. The molecule has 0 unspecified atom stereocenters. The van der Waals surface area contributed by atoms with E-state index in [2.05, 4.69) is 5.32 Å². The van der Waals surface area contributed by atoms with Gasteiger partial charge in [-0.15, -0.1) is 0 Å². The van der Waals surface area contributed by atoms with E-state index in [0.29, 0.717) is 12.3 Å². The zero-order valence-corrected chi connectivity index (χ0v) is 7.49. The van der Waals surface area contributed by atoms with Gasteiger partial charge in [0, 0.05) is 18.1 Å². The Hall–Kier alpha value is -0.910. The molecule has 70 valence electrons. The summed E-state index contributed by atoms with van der Waals surface area (Å²) in [7, 11) is 0. The highest BCUT2D eigenvalue weighted by Crippen LogP contribution is 2.00. The van der Waals surface area contributed by atoms with Gasteiger partial charge in [0.25, 0.3) is 0 Å². The maximum Gasteiger partial charge on any atom is 0.304 e. The number of hydrogen-bond acceptors (Lipinski definition) is 3. The van der Waals surface area contributed by atoms with Crippen LogP contribution in [0.3, 0.4) is 0 Å². The van der Waals surface area contributed by atoms with E-state index in [1.807, 2.05) is 0 Å². The molecule has 0 aliphatic heterocycles. The zero-order valence-electron chi connectivity index (χ0n) is 6.67. The average Bonchev–Trinajstić information content (AvgIpc) is 1.95. The molecule has 0 amide bonds. The number of carboxylic acids is 1. The van der Waals surface area contributed by atoms with Crippen LogP contribution in [0.25, 0.3) is 0 Å². The summed E-state index contributed by atoms with van der Waals surface area (Å²) in [6, 6.07) is 0. The fourth-order valence-electron chi connectivity index (χ4n) is 0.519. The lowest BCUT2D eigenvalue weighted by atomic mass is 10.5. The summed E-state index contributed by atoms with van der Waals surface area (Å²) in [5.74, 6) is 0.553. The summed E-state index contributed by atoms with van der Waals surface area (Å²) in [5.41, 5.74) is 5.02. The molecule has 0 bridgehead atoms. The minimum Gasteiger partial charge on any atom is -0.481 e. The molecule has 0 aromatic carbocycles. The van der Waals surface area contributed by atoms with Crippen molar-refractivity contribution < 1.29 is 9.90 Å². The minimum absolute atomic E-state index is 0.0474. The maximum absolute atomic E-state index is 10.1. The summed E-state index contributed by atoms with van der Waals surface area (Å²) in [6.45, 7) is 0.611. The number of rotatable bonds is 6. The van der Waals surface area contributed by atoms with Gasteiger partial charge in [-0.25, -0.2) is 0 Å². The van der Waals surface area contributed by atoms with Crippen molar-refractivity contribution in [2.24, 2.45) is 5.73 Å². The zero-order chi connectivity index (χ0) is 9.40. The molecule has 0 saturated heterocycles. The van der Waals surface area contributed by atoms with Gasteiger partial charge in [-0.3, -0.25) is 10.2 Å². The molecule has 0 rings (SSSR count). The molecule has 0 aromatic rings. The van der Waals surface area contributed by atoms with Crippen molar-refractivity contribution in [2.75, 3.05) is 18.1 Å². The second kappa shape index (κ2) is 6.78. The smallest absolute Gasteiger partial charge is 0.304 e. The predicted molar refractivity (Wildman–Crippen MR) is 49.5 cm³/mol. The molecule has 0 heterocycles. The standard InChI is InChI=1S/C6H13N3O2S/c7-6(8)9-2-4-12-3-1-5(10)11/h1-4H2,(H,10,11)(H4,7,8,9). The largest absolute Gasteiger partial charge is 0.481 e. The Bertz CT molecular complexity index is 145. The van der Waals surface area contributed by atoms with Crippen LogP contribution < -0.4 is 11.1 Å². The van der Waals surface area contributed by atoms with E-state index in [1.54, 1.807) is 0 Å². The number of carbonyl (C=O) groups is 1. The second-order valence-corrected chi connectivity index (χ2v) is 3.32. The summed E-state index contributed by atoms with van der Waals surface area (Å²) >= 11 is 1.53. The Morgan fingerprint density at radius 2 is 2.25 bits per heavy atom. The van der Waals surface area contributed by atoms with Crippen LogP contribution in [0, 0.1) is 5.41 Å². The SMILES string of the molecule is N=C(N)NCCSCCC(=O)O. The number of thioether (sulfide) groups is 1. The molecule has 0 radical (unpaired) electrons. The monoisotopic (exact) mass is 191 g/mol. The Labute approximate surface area is 75.2 Å². The molecular formula is C6H13N3O2S. The predicted octanol–water partition coefficient (Wildman–Crippen LogP) is -0.323. The van der Waals surface area contributed by atoms with Crippen molar-refractivity contribution in [3.63, 3.8) is 0 Å². The molecule has 12 heavy (non-hydrogen) atoms. The Morgan fingerprint density at radius 1 is 1.58 bits per heavy atom. The lowest BCUT2D eigenvalue weighted by molar-refractivity contribution is -0.136. The Balaban J connectivity index is 3.01. The van der Waals surface area contributed by atoms with Crippen LogP contribution >= 0.6 is 11.8 Å². The summed E-state index contributed by atoms with van der Waals surface area (Å²) in [6.07, 6.45) is 0.185. The minimum atomic E-state index is -0.776. The van der Waals surface area contributed by atoms with Crippen molar-refractivity contribution >= 4 is 23.7 Å². The van der Waals surface area contributed by atoms with E-state index < -0.39 is 5.97 Å². The van der Waals surface area contributed by atoms with Crippen LogP contribution in [0.5, 0.6) is 0 Å². The number of carboxylic acid groups (broad SMARTS) is 1. The topological polar surface area (TPSA) is 99.2 Å². The van der Waals surface area contributed by atoms with Crippen LogP contribution in [-0.2, 0) is 4.79 Å². The molecule has 0 aliphatic carbocycles. The fourth-order valence-corrected chi connectivity index (χ4v) is 1.29. The molecule has 5 nitrogen and oxygen atoms in total. The molecule has 0 fully saturated rings. The fraction of sp³-hybridized carbons (Fsp3) is 0.667. The number of aliphatic carboxylic acids is 1. The van der Waals surface area contributed by atoms with Crippen molar-refractivity contribution in [1.82, 2.24) is 5.32 Å². The van der Waals surface area contributed by atoms with Crippen LogP contribution in [0.2, 0.25) is 0 Å². The van der Waals surface area contributed by atoms with Crippen molar-refractivity contribution in [3.8, 4) is 0 Å². The third-order valence-electron chi connectivity index (χ3n) is 1.02. The van der Waals surface area contributed by atoms with Gasteiger partial charge in [0.05, 0.1) is 6.42 Å². The molecule has 5 N–H and O–H groups in total. The first kappa shape index (κ1) is 11.1. The van der Waals surface area contributed by atoms with Gasteiger partial charge >= 0.3 is 5.97 Å². The van der Waals surface area contributed by atoms with E-state index in [9.17, 15) is 4.79 Å². The highest BCUT2D eigenvalue weighted by Gasteiger charge is 1.95. The van der Waals surface area contributed by atoms with E-state index in [4.69, 9.17) is 16.2 Å². The Kier molecular flexibility index (Phi) is 6.26. The molecule has 6 heteroatoms. The third-order valence-corrected chi connectivity index (χ3v) is 2.01. The lowest BCUT2D eigenvalue weighted by Crippen LogP contribution is -2.31. The summed E-state index contributed by atoms with van der Waals surface area (Å²) in [5, 5.41) is 17.7. The first-order valence-corrected chi connectivity index (χ1v) is 4.66. The second-order valence-electron chi connectivity index (χ2n) is 2.10. The highest BCUT2D eigenvalue weighted by molar-refractivity contribution is 7.99. The Morgan fingerprint density at radius 3 is 2.75 bits per heavy atom. The molecular weight excluding hydrogens is 178 g/mol. The van der Waals surface area contributed by atoms with Gasteiger partial charge in [0.1, 0.15) is 0 Å². The van der Waals surface area contributed by atoms with E-state index in [-0.39, 0.29) is 12.4 Å². The van der Waals surface area contributed by atoms with Crippen LogP contribution in [0.4, 0.5) is 0 Å². The third kappa shape index (κ3) is 9.09. The number of hydrogen-bond donors (Lipinski definition) is 4. The molecule has 0 atom stereocenters. The number of nitrogens with two attached hydrogens (primary N) is 1. The van der Waals surface area contributed by atoms with E-state index >= 15 is 0 Å². The van der Waals surface area contributed by atoms with Gasteiger partial charge in [0.15, 0.2) is 5.96 Å². The molecule has 0 aromatic heterocycles. The quantitative estimate of drug-likeness (QED) is 0.262. The molecule has 0 spiro atoms. The van der Waals surface area contributed by atoms with Gasteiger partial charge in [-0.1, -0.05) is 0 Å². The van der Waals surface area contributed by atoms with Gasteiger partial charge in [0.2, 0.25) is 0 Å².